The molecule has 0 aromatic heterocycles. The molecule has 13 nitrogen and oxygen atoms in total. The SMILES string of the molecule is NCCCCC(NC(=O)C(CC(=O)O)NC(=O)C(N)Cc1ccccc1)C(=O)NC(Cc1ccc(O)cc1)C(=O)O. The molecule has 41 heavy (non-hydrogen) atoms. The molecule has 2 aromatic carbocycles. The lowest BCUT2D eigenvalue weighted by atomic mass is 10.0. The summed E-state index contributed by atoms with van der Waals surface area (Å²) in [6.07, 6.45) is 0.284. The molecule has 0 aliphatic rings. The van der Waals surface area contributed by atoms with Gasteiger partial charge in [-0.05, 0) is 55.5 Å². The molecule has 2 aromatic rings. The van der Waals surface area contributed by atoms with Crippen molar-refractivity contribution in [2.24, 2.45) is 11.5 Å². The molecule has 0 saturated heterocycles. The lowest BCUT2D eigenvalue weighted by molar-refractivity contribution is -0.143. The van der Waals surface area contributed by atoms with Crippen LogP contribution in [-0.2, 0) is 36.8 Å². The minimum absolute atomic E-state index is 0.00336. The molecular formula is C28H37N5O8. The second-order valence-electron chi connectivity index (χ2n) is 9.57. The zero-order chi connectivity index (χ0) is 30.4. The second-order valence-corrected chi connectivity index (χ2v) is 9.57. The number of carbonyl (C=O) groups excluding carboxylic acids is 3. The number of nitrogens with one attached hydrogen (secondary N) is 3. The molecule has 0 aliphatic heterocycles. The zero-order valence-electron chi connectivity index (χ0n) is 22.5. The van der Waals surface area contributed by atoms with Crippen molar-refractivity contribution < 1.29 is 39.3 Å². The lowest BCUT2D eigenvalue weighted by Crippen LogP contribution is -2.57. The van der Waals surface area contributed by atoms with Crippen molar-refractivity contribution in [3.63, 3.8) is 0 Å². The summed E-state index contributed by atoms with van der Waals surface area (Å²) in [6.45, 7) is 0.317. The molecular weight excluding hydrogens is 534 g/mol. The number of amides is 3. The highest BCUT2D eigenvalue weighted by Gasteiger charge is 2.31. The van der Waals surface area contributed by atoms with Crippen LogP contribution in [-0.4, -0.2) is 75.7 Å². The third-order valence-corrected chi connectivity index (χ3v) is 6.22. The fourth-order valence-corrected chi connectivity index (χ4v) is 4.00. The number of aromatic hydroxyl groups is 1. The van der Waals surface area contributed by atoms with Crippen molar-refractivity contribution in [2.75, 3.05) is 6.54 Å². The van der Waals surface area contributed by atoms with Crippen LogP contribution >= 0.6 is 0 Å². The average molecular weight is 572 g/mol. The van der Waals surface area contributed by atoms with Crippen molar-refractivity contribution in [2.45, 2.75) is 62.7 Å². The standard InChI is InChI=1S/C28H37N5O8/c29-13-5-4-8-21(26(38)33-23(28(40)41)15-18-9-11-19(34)12-10-18)31-27(39)22(16-24(35)36)32-25(37)20(30)14-17-6-2-1-3-7-17/h1-3,6-7,9-12,20-23,34H,4-5,8,13-16,29-30H2,(H,31,39)(H,32,37)(H,33,38)(H,35,36)(H,40,41). The summed E-state index contributed by atoms with van der Waals surface area (Å²) in [5, 5.41) is 35.7. The van der Waals surface area contributed by atoms with E-state index in [1.807, 2.05) is 0 Å². The van der Waals surface area contributed by atoms with Gasteiger partial charge in [0.05, 0.1) is 12.5 Å². The topological polar surface area (TPSA) is 234 Å². The van der Waals surface area contributed by atoms with Gasteiger partial charge in [0.25, 0.3) is 0 Å². The van der Waals surface area contributed by atoms with Gasteiger partial charge in [-0.2, -0.15) is 0 Å². The van der Waals surface area contributed by atoms with Crippen LogP contribution in [0.25, 0.3) is 0 Å². The molecule has 0 fully saturated rings. The highest BCUT2D eigenvalue weighted by atomic mass is 16.4. The number of carbonyl (C=O) groups is 5. The van der Waals surface area contributed by atoms with E-state index in [0.717, 1.165) is 5.56 Å². The van der Waals surface area contributed by atoms with E-state index >= 15 is 0 Å². The number of phenolic OH excluding ortho intramolecular Hbond substituents is 1. The Kier molecular flexibility index (Phi) is 13.2. The maximum Gasteiger partial charge on any atom is 0.326 e. The number of phenols is 1. The maximum absolute atomic E-state index is 13.1. The number of aliphatic carboxylic acids is 2. The summed E-state index contributed by atoms with van der Waals surface area (Å²) in [7, 11) is 0. The molecule has 0 spiro atoms. The van der Waals surface area contributed by atoms with Crippen molar-refractivity contribution in [1.29, 1.82) is 0 Å². The Labute approximate surface area is 237 Å². The maximum atomic E-state index is 13.1. The van der Waals surface area contributed by atoms with Gasteiger partial charge < -0.3 is 42.7 Å². The average Bonchev–Trinajstić information content (AvgIpc) is 2.93. The van der Waals surface area contributed by atoms with E-state index in [0.29, 0.717) is 24.9 Å². The predicted molar refractivity (Wildman–Crippen MR) is 149 cm³/mol. The first-order valence-corrected chi connectivity index (χ1v) is 13.1. The molecule has 10 N–H and O–H groups in total. The number of hydrogen-bond donors (Lipinski definition) is 8. The first-order valence-electron chi connectivity index (χ1n) is 13.1. The smallest absolute Gasteiger partial charge is 0.326 e. The van der Waals surface area contributed by atoms with E-state index in [2.05, 4.69) is 16.0 Å². The normalized spacial score (nSPS) is 13.7. The van der Waals surface area contributed by atoms with Gasteiger partial charge in [-0.3, -0.25) is 19.2 Å². The third-order valence-electron chi connectivity index (χ3n) is 6.22. The van der Waals surface area contributed by atoms with Crippen LogP contribution in [0.5, 0.6) is 5.75 Å². The van der Waals surface area contributed by atoms with Crippen molar-refractivity contribution in [3.05, 3.63) is 65.7 Å². The van der Waals surface area contributed by atoms with Crippen LogP contribution in [0.15, 0.2) is 54.6 Å². The summed E-state index contributed by atoms with van der Waals surface area (Å²) in [5.74, 6) is -5.18. The summed E-state index contributed by atoms with van der Waals surface area (Å²) in [5.41, 5.74) is 12.8. The highest BCUT2D eigenvalue weighted by molar-refractivity contribution is 5.95. The van der Waals surface area contributed by atoms with Crippen LogP contribution in [0, 0.1) is 0 Å². The number of carboxylic acids is 2. The van der Waals surface area contributed by atoms with Gasteiger partial charge in [-0.1, -0.05) is 42.5 Å². The lowest BCUT2D eigenvalue weighted by Gasteiger charge is -2.25. The van der Waals surface area contributed by atoms with E-state index in [9.17, 15) is 39.3 Å². The van der Waals surface area contributed by atoms with E-state index in [1.54, 1.807) is 30.3 Å². The first-order chi connectivity index (χ1) is 19.5. The van der Waals surface area contributed by atoms with Gasteiger partial charge >= 0.3 is 11.9 Å². The quantitative estimate of drug-likeness (QED) is 0.115. The summed E-state index contributed by atoms with van der Waals surface area (Å²) >= 11 is 0. The molecule has 222 valence electrons. The Bertz CT molecular complexity index is 1180. The highest BCUT2D eigenvalue weighted by Crippen LogP contribution is 2.12. The van der Waals surface area contributed by atoms with Crippen molar-refractivity contribution >= 4 is 29.7 Å². The Morgan fingerprint density at radius 1 is 0.707 bits per heavy atom. The largest absolute Gasteiger partial charge is 0.508 e. The van der Waals surface area contributed by atoms with Crippen LogP contribution in [0.4, 0.5) is 0 Å². The van der Waals surface area contributed by atoms with Gasteiger partial charge in [-0.15, -0.1) is 0 Å². The molecule has 4 atom stereocenters. The molecule has 0 radical (unpaired) electrons. The molecule has 0 saturated carbocycles. The van der Waals surface area contributed by atoms with E-state index in [4.69, 9.17) is 11.5 Å². The van der Waals surface area contributed by atoms with Crippen LogP contribution < -0.4 is 27.4 Å². The van der Waals surface area contributed by atoms with E-state index < -0.39 is 60.2 Å². The number of benzene rings is 2. The second kappa shape index (κ2) is 16.6. The Morgan fingerprint density at radius 3 is 1.85 bits per heavy atom. The fraction of sp³-hybridized carbons (Fsp3) is 0.393. The monoisotopic (exact) mass is 571 g/mol. The summed E-state index contributed by atoms with van der Waals surface area (Å²) in [6, 6.07) is 9.48. The van der Waals surface area contributed by atoms with Gasteiger partial charge in [0.2, 0.25) is 17.7 Å². The fourth-order valence-electron chi connectivity index (χ4n) is 4.00. The van der Waals surface area contributed by atoms with Gasteiger partial charge in [0.15, 0.2) is 0 Å². The molecule has 0 heterocycles. The van der Waals surface area contributed by atoms with Crippen LogP contribution in [0.1, 0.15) is 36.8 Å². The molecule has 4 unspecified atom stereocenters. The van der Waals surface area contributed by atoms with E-state index in [-0.39, 0.29) is 25.0 Å². The van der Waals surface area contributed by atoms with Crippen molar-refractivity contribution in [1.82, 2.24) is 16.0 Å². The molecule has 0 aliphatic carbocycles. The minimum atomic E-state index is -1.54. The predicted octanol–water partition coefficient (Wildman–Crippen LogP) is -0.353. The number of hydrogen-bond acceptors (Lipinski definition) is 8. The third kappa shape index (κ3) is 11.6. The van der Waals surface area contributed by atoms with Gasteiger partial charge in [-0.25, -0.2) is 4.79 Å². The number of rotatable bonds is 17. The Morgan fingerprint density at radius 2 is 1.27 bits per heavy atom. The first kappa shape index (κ1) is 32.7. The Balaban J connectivity index is 2.14. The number of unbranched alkanes of at least 4 members (excludes halogenated alkanes) is 1. The number of nitrogens with two attached hydrogens (primary N) is 2. The molecule has 13 heteroatoms. The minimum Gasteiger partial charge on any atom is -0.508 e. The Hall–Kier alpha value is -4.49. The van der Waals surface area contributed by atoms with E-state index in [1.165, 1.54) is 24.3 Å². The van der Waals surface area contributed by atoms with Crippen LogP contribution in [0.2, 0.25) is 0 Å². The summed E-state index contributed by atoms with van der Waals surface area (Å²) < 4.78 is 0. The molecule has 3 amide bonds. The van der Waals surface area contributed by atoms with Crippen LogP contribution in [0.3, 0.4) is 0 Å². The van der Waals surface area contributed by atoms with Gasteiger partial charge in [0, 0.05) is 6.42 Å². The summed E-state index contributed by atoms with van der Waals surface area (Å²) in [4.78, 5) is 62.3. The molecule has 0 bridgehead atoms. The van der Waals surface area contributed by atoms with Gasteiger partial charge in [0.1, 0.15) is 23.9 Å². The number of carboxylic acid groups (broad SMARTS) is 2. The van der Waals surface area contributed by atoms with Crippen molar-refractivity contribution in [3.8, 4) is 5.75 Å². The molecule has 2 rings (SSSR count). The zero-order valence-corrected chi connectivity index (χ0v) is 22.5.